The molecule has 152 valence electrons. The first kappa shape index (κ1) is 20.6. The van der Waals surface area contributed by atoms with Crippen LogP contribution in [0.3, 0.4) is 0 Å². The van der Waals surface area contributed by atoms with Gasteiger partial charge in [0.15, 0.2) is 0 Å². The van der Waals surface area contributed by atoms with E-state index in [1.807, 2.05) is 24.3 Å². The third-order valence-corrected chi connectivity index (χ3v) is 5.27. The van der Waals surface area contributed by atoms with Gasteiger partial charge in [-0.15, -0.1) is 0 Å². The van der Waals surface area contributed by atoms with Crippen LogP contribution in [0.1, 0.15) is 49.8 Å². The average Bonchev–Trinajstić information content (AvgIpc) is 3.01. The van der Waals surface area contributed by atoms with Gasteiger partial charge in [-0.2, -0.15) is 0 Å². The number of hydrogen-bond donors (Lipinski definition) is 1. The zero-order chi connectivity index (χ0) is 20.8. The van der Waals surface area contributed by atoms with Crippen LogP contribution in [0.25, 0.3) is 5.76 Å². The van der Waals surface area contributed by atoms with Crippen molar-refractivity contribution in [3.63, 3.8) is 0 Å². The molecule has 0 saturated carbocycles. The molecule has 5 nitrogen and oxygen atoms in total. The normalized spacial score (nSPS) is 18.3. The van der Waals surface area contributed by atoms with E-state index in [0.717, 1.165) is 25.7 Å². The predicted molar refractivity (Wildman–Crippen MR) is 113 cm³/mol. The van der Waals surface area contributed by atoms with Gasteiger partial charge >= 0.3 is 0 Å². The quantitative estimate of drug-likeness (QED) is 0.306. The Morgan fingerprint density at radius 1 is 1.00 bits per heavy atom. The number of nitrogens with zero attached hydrogens (tertiary/aromatic N) is 1. The maximum absolute atomic E-state index is 13.0. The lowest BCUT2D eigenvalue weighted by Gasteiger charge is -2.26. The molecule has 1 fully saturated rings. The molecule has 1 amide bonds. The minimum atomic E-state index is -0.673. The minimum absolute atomic E-state index is 0.112. The molecule has 29 heavy (non-hydrogen) atoms. The Kier molecular flexibility index (Phi) is 6.70. The SMILES string of the molecule is CCCCCCN1C(=O)C(=O)/C(=C(/O)c2ccccc2)[C@@H]1c1ccccc1OC. The van der Waals surface area contributed by atoms with Crippen LogP contribution in [0.5, 0.6) is 5.75 Å². The molecule has 0 spiro atoms. The standard InChI is InChI=1S/C24H27NO4/c1-3-4-5-11-16-25-21(18-14-9-10-15-19(18)29-2)20(23(27)24(25)28)22(26)17-12-7-6-8-13-17/h6-10,12-15,21,26H,3-5,11,16H2,1-2H3/b22-20+/t21-/m0/s1. The van der Waals surface area contributed by atoms with Gasteiger partial charge in [-0.25, -0.2) is 0 Å². The van der Waals surface area contributed by atoms with Crippen molar-refractivity contribution in [2.45, 2.75) is 38.6 Å². The highest BCUT2D eigenvalue weighted by Crippen LogP contribution is 2.42. The first-order chi connectivity index (χ1) is 14.1. The largest absolute Gasteiger partial charge is 0.507 e. The summed E-state index contributed by atoms with van der Waals surface area (Å²) in [6.45, 7) is 2.58. The van der Waals surface area contributed by atoms with Crippen molar-refractivity contribution in [1.29, 1.82) is 0 Å². The van der Waals surface area contributed by atoms with Gasteiger partial charge in [0.2, 0.25) is 0 Å². The Balaban J connectivity index is 2.10. The molecule has 1 atom stereocenters. The van der Waals surface area contributed by atoms with E-state index in [0.29, 0.717) is 23.4 Å². The van der Waals surface area contributed by atoms with E-state index in [4.69, 9.17) is 4.74 Å². The Hall–Kier alpha value is -3.08. The zero-order valence-corrected chi connectivity index (χ0v) is 16.9. The molecule has 2 aromatic rings. The number of carbonyl (C=O) groups excluding carboxylic acids is 2. The zero-order valence-electron chi connectivity index (χ0n) is 16.9. The van der Waals surface area contributed by atoms with E-state index in [-0.39, 0.29) is 11.3 Å². The lowest BCUT2D eigenvalue weighted by molar-refractivity contribution is -0.139. The minimum Gasteiger partial charge on any atom is -0.507 e. The lowest BCUT2D eigenvalue weighted by Crippen LogP contribution is -2.30. The van der Waals surface area contributed by atoms with Crippen LogP contribution in [0, 0.1) is 0 Å². The summed E-state index contributed by atoms with van der Waals surface area (Å²) in [5.41, 5.74) is 1.32. The van der Waals surface area contributed by atoms with E-state index in [1.165, 1.54) is 0 Å². The molecule has 0 bridgehead atoms. The molecule has 3 rings (SSSR count). The van der Waals surface area contributed by atoms with Crippen molar-refractivity contribution < 1.29 is 19.4 Å². The molecular weight excluding hydrogens is 366 g/mol. The number of amides is 1. The molecule has 1 aliphatic heterocycles. The van der Waals surface area contributed by atoms with Gasteiger partial charge in [-0.3, -0.25) is 9.59 Å². The number of aliphatic hydroxyl groups excluding tert-OH is 1. The van der Waals surface area contributed by atoms with Crippen molar-refractivity contribution in [3.8, 4) is 5.75 Å². The molecular formula is C24H27NO4. The number of likely N-dealkylation sites (tertiary alicyclic amines) is 1. The van der Waals surface area contributed by atoms with E-state index >= 15 is 0 Å². The van der Waals surface area contributed by atoms with Crippen LogP contribution in [-0.2, 0) is 9.59 Å². The fourth-order valence-electron chi connectivity index (χ4n) is 3.79. The van der Waals surface area contributed by atoms with Gasteiger partial charge in [-0.05, 0) is 12.5 Å². The van der Waals surface area contributed by atoms with Gasteiger partial charge in [0.1, 0.15) is 11.5 Å². The topological polar surface area (TPSA) is 66.8 Å². The molecule has 1 N–H and O–H groups in total. The molecule has 0 unspecified atom stereocenters. The molecule has 1 heterocycles. The highest BCUT2D eigenvalue weighted by molar-refractivity contribution is 6.46. The van der Waals surface area contributed by atoms with Crippen LogP contribution in [0.15, 0.2) is 60.2 Å². The first-order valence-electron chi connectivity index (χ1n) is 10.1. The Morgan fingerprint density at radius 2 is 1.69 bits per heavy atom. The molecule has 1 saturated heterocycles. The van der Waals surface area contributed by atoms with Crippen molar-refractivity contribution in [2.24, 2.45) is 0 Å². The van der Waals surface area contributed by atoms with E-state index < -0.39 is 17.7 Å². The van der Waals surface area contributed by atoms with Gasteiger partial charge < -0.3 is 14.7 Å². The highest BCUT2D eigenvalue weighted by atomic mass is 16.5. The van der Waals surface area contributed by atoms with E-state index in [2.05, 4.69) is 6.92 Å². The summed E-state index contributed by atoms with van der Waals surface area (Å²) in [5, 5.41) is 11.0. The summed E-state index contributed by atoms with van der Waals surface area (Å²) in [6.07, 6.45) is 3.95. The van der Waals surface area contributed by atoms with Crippen molar-refractivity contribution in [3.05, 3.63) is 71.3 Å². The third kappa shape index (κ3) is 4.19. The van der Waals surface area contributed by atoms with Crippen LogP contribution in [0.2, 0.25) is 0 Å². The summed E-state index contributed by atoms with van der Waals surface area (Å²) >= 11 is 0. The summed E-state index contributed by atoms with van der Waals surface area (Å²) in [7, 11) is 1.56. The Bertz CT molecular complexity index is 904. The third-order valence-electron chi connectivity index (χ3n) is 5.27. The number of ketones is 1. The van der Waals surface area contributed by atoms with Crippen molar-refractivity contribution in [2.75, 3.05) is 13.7 Å². The van der Waals surface area contributed by atoms with Crippen LogP contribution in [-0.4, -0.2) is 35.4 Å². The monoisotopic (exact) mass is 393 g/mol. The number of methoxy groups -OCH3 is 1. The smallest absolute Gasteiger partial charge is 0.295 e. The van der Waals surface area contributed by atoms with Gasteiger partial charge in [0.25, 0.3) is 11.7 Å². The number of para-hydroxylation sites is 1. The maximum Gasteiger partial charge on any atom is 0.295 e. The number of rotatable bonds is 8. The van der Waals surface area contributed by atoms with E-state index in [9.17, 15) is 14.7 Å². The van der Waals surface area contributed by atoms with Gasteiger partial charge in [-0.1, -0.05) is 74.7 Å². The molecule has 1 aliphatic rings. The summed E-state index contributed by atoms with van der Waals surface area (Å²) in [6, 6.07) is 15.5. The van der Waals surface area contributed by atoms with Crippen LogP contribution in [0.4, 0.5) is 0 Å². The van der Waals surface area contributed by atoms with Gasteiger partial charge in [0.05, 0.1) is 18.7 Å². The average molecular weight is 393 g/mol. The second kappa shape index (κ2) is 9.41. The maximum atomic E-state index is 13.0. The molecule has 0 aromatic heterocycles. The lowest BCUT2D eigenvalue weighted by atomic mass is 9.94. The number of Topliss-reactive ketones (excluding diaryl/α,β-unsaturated/α-hetero) is 1. The number of hydrogen-bond acceptors (Lipinski definition) is 4. The van der Waals surface area contributed by atoms with Crippen molar-refractivity contribution in [1.82, 2.24) is 4.90 Å². The van der Waals surface area contributed by atoms with Crippen molar-refractivity contribution >= 4 is 17.4 Å². The number of benzene rings is 2. The fraction of sp³-hybridized carbons (Fsp3) is 0.333. The van der Waals surface area contributed by atoms with Crippen LogP contribution < -0.4 is 4.74 Å². The van der Waals surface area contributed by atoms with Crippen LogP contribution >= 0.6 is 0 Å². The fourth-order valence-corrected chi connectivity index (χ4v) is 3.79. The first-order valence-corrected chi connectivity index (χ1v) is 10.1. The number of ether oxygens (including phenoxy) is 1. The molecule has 0 radical (unpaired) electrons. The molecule has 2 aromatic carbocycles. The molecule has 0 aliphatic carbocycles. The predicted octanol–water partition coefficient (Wildman–Crippen LogP) is 4.70. The second-order valence-corrected chi connectivity index (χ2v) is 7.16. The highest BCUT2D eigenvalue weighted by Gasteiger charge is 2.46. The van der Waals surface area contributed by atoms with Gasteiger partial charge in [0, 0.05) is 17.7 Å². The van der Waals surface area contributed by atoms with E-state index in [1.54, 1.807) is 42.3 Å². The second-order valence-electron chi connectivity index (χ2n) is 7.16. The summed E-state index contributed by atoms with van der Waals surface area (Å²) in [4.78, 5) is 27.4. The number of carbonyl (C=O) groups is 2. The number of aliphatic hydroxyl groups is 1. The Labute approximate surface area is 171 Å². The molecule has 5 heteroatoms. The summed E-state index contributed by atoms with van der Waals surface area (Å²) in [5.74, 6) is -0.805. The Morgan fingerprint density at radius 3 is 2.38 bits per heavy atom. The number of unbranched alkanes of at least 4 members (excludes halogenated alkanes) is 3. The summed E-state index contributed by atoms with van der Waals surface area (Å²) < 4.78 is 5.50.